The second-order valence-corrected chi connectivity index (χ2v) is 3.15. The molecule has 0 N–H and O–H groups in total. The summed E-state index contributed by atoms with van der Waals surface area (Å²) in [6.45, 7) is 2.06. The minimum atomic E-state index is 0.112. The van der Waals surface area contributed by atoms with Crippen LogP contribution in [0.4, 0.5) is 0 Å². The third-order valence-electron chi connectivity index (χ3n) is 2.28. The summed E-state index contributed by atoms with van der Waals surface area (Å²) < 4.78 is 5.22. The van der Waals surface area contributed by atoms with Gasteiger partial charge in [0.2, 0.25) is 0 Å². The summed E-state index contributed by atoms with van der Waals surface area (Å²) in [6.07, 6.45) is 3.39. The fourth-order valence-electron chi connectivity index (χ4n) is 1.59. The van der Waals surface area contributed by atoms with E-state index in [-0.39, 0.29) is 5.78 Å². The number of hydrazone groups is 1. The van der Waals surface area contributed by atoms with E-state index in [1.165, 1.54) is 6.21 Å². The van der Waals surface area contributed by atoms with Crippen LogP contribution in [-0.4, -0.2) is 42.8 Å². The average molecular weight is 168 g/mol. The second-order valence-electron chi connectivity index (χ2n) is 3.15. The SMILES string of the molecule is O=C1C=NN(C2CCOCC2)C1. The Kier molecular flexibility index (Phi) is 2.08. The highest BCUT2D eigenvalue weighted by Gasteiger charge is 2.24. The summed E-state index contributed by atoms with van der Waals surface area (Å²) in [4.78, 5) is 10.9. The molecule has 0 aromatic rings. The molecule has 2 aliphatic heterocycles. The molecule has 0 bridgehead atoms. The van der Waals surface area contributed by atoms with E-state index in [4.69, 9.17) is 4.74 Å². The Bertz CT molecular complexity index is 209. The molecule has 1 saturated heterocycles. The van der Waals surface area contributed by atoms with E-state index in [0.29, 0.717) is 12.6 Å². The summed E-state index contributed by atoms with van der Waals surface area (Å²) in [5.41, 5.74) is 0. The molecule has 0 saturated carbocycles. The van der Waals surface area contributed by atoms with Crippen LogP contribution < -0.4 is 0 Å². The van der Waals surface area contributed by atoms with Gasteiger partial charge in [0.1, 0.15) is 6.54 Å². The molecule has 2 aliphatic rings. The van der Waals surface area contributed by atoms with Crippen molar-refractivity contribution in [1.82, 2.24) is 5.01 Å². The first kappa shape index (κ1) is 7.73. The molecule has 12 heavy (non-hydrogen) atoms. The van der Waals surface area contributed by atoms with E-state index < -0.39 is 0 Å². The van der Waals surface area contributed by atoms with Crippen molar-refractivity contribution >= 4 is 12.0 Å². The molecule has 0 amide bonds. The van der Waals surface area contributed by atoms with Gasteiger partial charge < -0.3 is 4.74 Å². The molecule has 1 fully saturated rings. The van der Waals surface area contributed by atoms with Crippen molar-refractivity contribution in [2.75, 3.05) is 19.8 Å². The Hall–Kier alpha value is -0.900. The van der Waals surface area contributed by atoms with Crippen molar-refractivity contribution in [3.63, 3.8) is 0 Å². The van der Waals surface area contributed by atoms with Gasteiger partial charge in [0.25, 0.3) is 0 Å². The molecule has 0 unspecified atom stereocenters. The lowest BCUT2D eigenvalue weighted by Gasteiger charge is -2.28. The summed E-state index contributed by atoms with van der Waals surface area (Å²) in [5.74, 6) is 0.112. The van der Waals surface area contributed by atoms with Gasteiger partial charge in [-0.3, -0.25) is 9.80 Å². The van der Waals surface area contributed by atoms with Crippen LogP contribution in [0.5, 0.6) is 0 Å². The molecule has 0 atom stereocenters. The zero-order valence-electron chi connectivity index (χ0n) is 6.90. The molecule has 0 aromatic carbocycles. The topological polar surface area (TPSA) is 41.9 Å². The van der Waals surface area contributed by atoms with E-state index in [1.807, 2.05) is 5.01 Å². The molecule has 4 nitrogen and oxygen atoms in total. The molecule has 4 heteroatoms. The summed E-state index contributed by atoms with van der Waals surface area (Å²) >= 11 is 0. The highest BCUT2D eigenvalue weighted by atomic mass is 16.5. The van der Waals surface area contributed by atoms with E-state index in [1.54, 1.807) is 0 Å². The first-order valence-corrected chi connectivity index (χ1v) is 4.27. The maximum absolute atomic E-state index is 10.9. The highest BCUT2D eigenvalue weighted by molar-refractivity contribution is 6.29. The Morgan fingerprint density at radius 3 is 2.83 bits per heavy atom. The van der Waals surface area contributed by atoms with E-state index >= 15 is 0 Å². The lowest BCUT2D eigenvalue weighted by molar-refractivity contribution is -0.113. The number of carbonyl (C=O) groups is 1. The second kappa shape index (κ2) is 3.23. The molecule has 0 spiro atoms. The van der Waals surface area contributed by atoms with Gasteiger partial charge in [0, 0.05) is 13.2 Å². The van der Waals surface area contributed by atoms with Crippen molar-refractivity contribution in [2.24, 2.45) is 5.10 Å². The molecule has 0 radical (unpaired) electrons. The van der Waals surface area contributed by atoms with Crippen LogP contribution in [0.2, 0.25) is 0 Å². The van der Waals surface area contributed by atoms with Crippen LogP contribution in [0.15, 0.2) is 5.10 Å². The minimum absolute atomic E-state index is 0.112. The Balaban J connectivity index is 1.91. The third kappa shape index (κ3) is 1.48. The lowest BCUT2D eigenvalue weighted by Crippen LogP contribution is -2.35. The minimum Gasteiger partial charge on any atom is -0.381 e. The molecule has 66 valence electrons. The van der Waals surface area contributed by atoms with Gasteiger partial charge in [0.05, 0.1) is 12.3 Å². The number of hydrogen-bond acceptors (Lipinski definition) is 4. The zero-order valence-corrected chi connectivity index (χ0v) is 6.90. The number of nitrogens with zero attached hydrogens (tertiary/aromatic N) is 2. The van der Waals surface area contributed by atoms with Crippen molar-refractivity contribution in [2.45, 2.75) is 18.9 Å². The smallest absolute Gasteiger partial charge is 0.196 e. The Morgan fingerprint density at radius 2 is 2.25 bits per heavy atom. The molecule has 0 aliphatic carbocycles. The molecule has 2 rings (SSSR count). The zero-order chi connectivity index (χ0) is 8.39. The monoisotopic (exact) mass is 168 g/mol. The van der Waals surface area contributed by atoms with Crippen LogP contribution in [-0.2, 0) is 9.53 Å². The first-order chi connectivity index (χ1) is 5.86. The van der Waals surface area contributed by atoms with E-state index in [9.17, 15) is 4.79 Å². The van der Waals surface area contributed by atoms with Gasteiger partial charge in [-0.05, 0) is 12.8 Å². The number of ketones is 1. The quantitative estimate of drug-likeness (QED) is 0.555. The average Bonchev–Trinajstić information content (AvgIpc) is 2.54. The lowest BCUT2D eigenvalue weighted by atomic mass is 10.1. The maximum atomic E-state index is 10.9. The summed E-state index contributed by atoms with van der Waals surface area (Å²) in [6, 6.07) is 0.418. The Labute approximate surface area is 71.2 Å². The fourth-order valence-corrected chi connectivity index (χ4v) is 1.59. The number of Topliss-reactive ketones (excluding diaryl/α,β-unsaturated/α-hetero) is 1. The van der Waals surface area contributed by atoms with Crippen LogP contribution in [0.1, 0.15) is 12.8 Å². The van der Waals surface area contributed by atoms with Gasteiger partial charge >= 0.3 is 0 Å². The van der Waals surface area contributed by atoms with Gasteiger partial charge in [-0.25, -0.2) is 0 Å². The van der Waals surface area contributed by atoms with E-state index in [0.717, 1.165) is 26.1 Å². The number of carbonyl (C=O) groups excluding carboxylic acids is 1. The van der Waals surface area contributed by atoms with Crippen LogP contribution in [0.25, 0.3) is 0 Å². The van der Waals surface area contributed by atoms with Gasteiger partial charge in [-0.1, -0.05) is 0 Å². The van der Waals surface area contributed by atoms with Crippen molar-refractivity contribution in [3.05, 3.63) is 0 Å². The summed E-state index contributed by atoms with van der Waals surface area (Å²) in [5, 5.41) is 5.92. The Morgan fingerprint density at radius 1 is 1.50 bits per heavy atom. The number of rotatable bonds is 1. The van der Waals surface area contributed by atoms with Crippen LogP contribution in [0.3, 0.4) is 0 Å². The molecule has 2 heterocycles. The fraction of sp³-hybridized carbons (Fsp3) is 0.750. The van der Waals surface area contributed by atoms with Crippen molar-refractivity contribution in [3.8, 4) is 0 Å². The highest BCUT2D eigenvalue weighted by Crippen LogP contribution is 2.15. The molecular formula is C8H12N2O2. The molecule has 0 aromatic heterocycles. The first-order valence-electron chi connectivity index (χ1n) is 4.27. The maximum Gasteiger partial charge on any atom is 0.196 e. The van der Waals surface area contributed by atoms with Crippen molar-refractivity contribution < 1.29 is 9.53 Å². The molecular weight excluding hydrogens is 156 g/mol. The van der Waals surface area contributed by atoms with Crippen LogP contribution in [0, 0.1) is 0 Å². The van der Waals surface area contributed by atoms with Crippen LogP contribution >= 0.6 is 0 Å². The predicted octanol–water partition coefficient (Wildman–Crippen LogP) is 0.0359. The standard InChI is InChI=1S/C8H12N2O2/c11-8-5-9-10(6-8)7-1-3-12-4-2-7/h5,7H,1-4,6H2. The van der Waals surface area contributed by atoms with Gasteiger partial charge in [0.15, 0.2) is 5.78 Å². The van der Waals surface area contributed by atoms with Gasteiger partial charge in [-0.2, -0.15) is 5.10 Å². The number of ether oxygens (including phenoxy) is 1. The van der Waals surface area contributed by atoms with E-state index in [2.05, 4.69) is 5.10 Å². The van der Waals surface area contributed by atoms with Crippen molar-refractivity contribution in [1.29, 1.82) is 0 Å². The predicted molar refractivity (Wildman–Crippen MR) is 44.0 cm³/mol. The third-order valence-corrected chi connectivity index (χ3v) is 2.28. The summed E-state index contributed by atoms with van der Waals surface area (Å²) in [7, 11) is 0. The van der Waals surface area contributed by atoms with Gasteiger partial charge in [-0.15, -0.1) is 0 Å². The normalized spacial score (nSPS) is 25.3. The number of hydrogen-bond donors (Lipinski definition) is 0. The largest absolute Gasteiger partial charge is 0.381 e.